The van der Waals surface area contributed by atoms with Gasteiger partial charge in [0, 0.05) is 36.7 Å². The van der Waals surface area contributed by atoms with Gasteiger partial charge in [-0.15, -0.1) is 0 Å². The van der Waals surface area contributed by atoms with Crippen molar-refractivity contribution in [3.63, 3.8) is 0 Å². The van der Waals surface area contributed by atoms with Gasteiger partial charge in [-0.05, 0) is 30.7 Å². The second-order valence-electron chi connectivity index (χ2n) is 7.65. The van der Waals surface area contributed by atoms with Crippen LogP contribution in [0.15, 0.2) is 53.5 Å². The van der Waals surface area contributed by atoms with Crippen molar-refractivity contribution >= 4 is 16.7 Å². The van der Waals surface area contributed by atoms with Crippen LogP contribution in [0.2, 0.25) is 0 Å². The summed E-state index contributed by atoms with van der Waals surface area (Å²) in [6, 6.07) is 11.7. The molecular formula is C25H26FN5O2. The molecule has 170 valence electrons. The molecule has 33 heavy (non-hydrogen) atoms. The van der Waals surface area contributed by atoms with Crippen LogP contribution < -0.4 is 5.56 Å². The number of fused-ring (bicyclic) bond motifs is 2. The minimum atomic E-state index is -0.559. The van der Waals surface area contributed by atoms with Crippen LogP contribution in [0.4, 0.5) is 4.39 Å². The standard InChI is InChI=1S/C23H20FN5O2.C2H6/c1-2-29-12-15-11-28(13-21(15)27-29)23(31)18-9-14(7-8-19(18)24)10-20-16-5-3-4-6-17(16)22(30)26-25-20;1-2/h3-9,12H,2,10-11,13H2,1H3,(H,26,30);1-2H3. The third-order valence-electron chi connectivity index (χ3n) is 5.65. The van der Waals surface area contributed by atoms with Crippen LogP contribution in [0.1, 0.15) is 53.6 Å². The van der Waals surface area contributed by atoms with Crippen molar-refractivity contribution < 1.29 is 9.18 Å². The Labute approximate surface area is 190 Å². The lowest BCUT2D eigenvalue weighted by Crippen LogP contribution is -2.27. The van der Waals surface area contributed by atoms with Crippen molar-refractivity contribution in [2.24, 2.45) is 0 Å². The number of rotatable bonds is 4. The summed E-state index contributed by atoms with van der Waals surface area (Å²) in [5, 5.41) is 12.4. The van der Waals surface area contributed by atoms with E-state index in [9.17, 15) is 14.0 Å². The Hall–Kier alpha value is -3.81. The Morgan fingerprint density at radius 2 is 1.88 bits per heavy atom. The first kappa shape index (κ1) is 22.4. The van der Waals surface area contributed by atoms with Gasteiger partial charge >= 0.3 is 0 Å². The fourth-order valence-corrected chi connectivity index (χ4v) is 4.03. The maximum atomic E-state index is 14.6. The molecular weight excluding hydrogens is 421 g/mol. The van der Waals surface area contributed by atoms with E-state index in [-0.39, 0.29) is 17.0 Å². The third kappa shape index (κ3) is 4.28. The molecule has 0 bridgehead atoms. The van der Waals surface area contributed by atoms with Crippen LogP contribution in [0, 0.1) is 5.82 Å². The number of hydrogen-bond acceptors (Lipinski definition) is 4. The number of amides is 1. The van der Waals surface area contributed by atoms with Crippen LogP contribution in [0.5, 0.6) is 0 Å². The van der Waals surface area contributed by atoms with Gasteiger partial charge in [0.1, 0.15) is 5.82 Å². The highest BCUT2D eigenvalue weighted by atomic mass is 19.1. The molecule has 1 aliphatic heterocycles. The van der Waals surface area contributed by atoms with E-state index in [0.29, 0.717) is 30.6 Å². The zero-order valence-electron chi connectivity index (χ0n) is 18.9. The van der Waals surface area contributed by atoms with Gasteiger partial charge < -0.3 is 4.90 Å². The molecule has 2 aromatic carbocycles. The van der Waals surface area contributed by atoms with Gasteiger partial charge in [-0.2, -0.15) is 10.2 Å². The molecule has 0 unspecified atom stereocenters. The molecule has 0 spiro atoms. The van der Waals surface area contributed by atoms with Crippen molar-refractivity contribution in [1.29, 1.82) is 0 Å². The van der Waals surface area contributed by atoms with Gasteiger partial charge in [0.15, 0.2) is 0 Å². The van der Waals surface area contributed by atoms with Gasteiger partial charge in [-0.1, -0.05) is 38.1 Å². The number of benzene rings is 2. The maximum absolute atomic E-state index is 14.6. The summed E-state index contributed by atoms with van der Waals surface area (Å²) in [7, 11) is 0. The lowest BCUT2D eigenvalue weighted by molar-refractivity contribution is 0.0744. The van der Waals surface area contributed by atoms with Crippen molar-refractivity contribution in [2.45, 2.75) is 46.8 Å². The van der Waals surface area contributed by atoms with E-state index in [0.717, 1.165) is 28.8 Å². The van der Waals surface area contributed by atoms with Crippen molar-refractivity contribution in [3.05, 3.63) is 92.9 Å². The maximum Gasteiger partial charge on any atom is 0.272 e. The van der Waals surface area contributed by atoms with Gasteiger partial charge in [-0.3, -0.25) is 14.3 Å². The summed E-state index contributed by atoms with van der Waals surface area (Å²) < 4.78 is 16.4. The van der Waals surface area contributed by atoms with Crippen LogP contribution in [0.3, 0.4) is 0 Å². The van der Waals surface area contributed by atoms with Crippen LogP contribution in [-0.2, 0) is 26.1 Å². The minimum absolute atomic E-state index is 0.0275. The van der Waals surface area contributed by atoms with Crippen LogP contribution in [0.25, 0.3) is 10.8 Å². The van der Waals surface area contributed by atoms with Crippen molar-refractivity contribution in [2.75, 3.05) is 0 Å². The number of aromatic nitrogens is 4. The number of carbonyl (C=O) groups is 1. The third-order valence-corrected chi connectivity index (χ3v) is 5.65. The molecule has 1 N–H and O–H groups in total. The minimum Gasteiger partial charge on any atom is -0.328 e. The number of aryl methyl sites for hydroxylation is 1. The highest BCUT2D eigenvalue weighted by Gasteiger charge is 2.28. The molecule has 3 heterocycles. The second kappa shape index (κ2) is 9.36. The quantitative estimate of drug-likeness (QED) is 0.512. The predicted octanol–water partition coefficient (Wildman–Crippen LogP) is 4.05. The molecule has 0 aliphatic carbocycles. The van der Waals surface area contributed by atoms with Gasteiger partial charge in [0.25, 0.3) is 11.5 Å². The smallest absolute Gasteiger partial charge is 0.272 e. The zero-order chi connectivity index (χ0) is 23.5. The molecule has 4 aromatic rings. The predicted molar refractivity (Wildman–Crippen MR) is 124 cm³/mol. The zero-order valence-corrected chi connectivity index (χ0v) is 18.9. The molecule has 7 nitrogen and oxygen atoms in total. The van der Waals surface area contributed by atoms with E-state index < -0.39 is 5.82 Å². The lowest BCUT2D eigenvalue weighted by atomic mass is 10.0. The fraction of sp³-hybridized carbons (Fsp3) is 0.280. The highest BCUT2D eigenvalue weighted by molar-refractivity contribution is 5.95. The first-order valence-electron chi connectivity index (χ1n) is 11.1. The topological polar surface area (TPSA) is 83.9 Å². The van der Waals surface area contributed by atoms with E-state index in [1.54, 1.807) is 29.2 Å². The van der Waals surface area contributed by atoms with Crippen LogP contribution in [-0.4, -0.2) is 30.8 Å². The largest absolute Gasteiger partial charge is 0.328 e. The van der Waals surface area contributed by atoms with Gasteiger partial charge in [0.05, 0.1) is 28.9 Å². The van der Waals surface area contributed by atoms with Gasteiger partial charge in [-0.25, -0.2) is 9.49 Å². The summed E-state index contributed by atoms with van der Waals surface area (Å²) in [6.07, 6.45) is 2.30. The normalized spacial score (nSPS) is 12.4. The van der Waals surface area contributed by atoms with E-state index in [1.165, 1.54) is 6.07 Å². The van der Waals surface area contributed by atoms with Gasteiger partial charge in [0.2, 0.25) is 0 Å². The Balaban J connectivity index is 0.00000126. The fourth-order valence-electron chi connectivity index (χ4n) is 4.03. The average Bonchev–Trinajstić information content (AvgIpc) is 3.42. The first-order valence-corrected chi connectivity index (χ1v) is 11.1. The molecule has 1 aliphatic rings. The lowest BCUT2D eigenvalue weighted by Gasteiger charge is -2.17. The molecule has 5 rings (SSSR count). The Morgan fingerprint density at radius 1 is 1.12 bits per heavy atom. The molecule has 0 fully saturated rings. The summed E-state index contributed by atoms with van der Waals surface area (Å²) in [4.78, 5) is 26.6. The Bertz CT molecular complexity index is 1350. The molecule has 0 saturated carbocycles. The number of hydrogen-bond donors (Lipinski definition) is 1. The number of aromatic amines is 1. The molecule has 1 amide bonds. The number of halogens is 1. The molecule has 0 atom stereocenters. The summed E-state index contributed by atoms with van der Waals surface area (Å²) in [5.74, 6) is -0.920. The second-order valence-corrected chi connectivity index (χ2v) is 7.65. The summed E-state index contributed by atoms with van der Waals surface area (Å²) in [6.45, 7) is 7.57. The number of H-pyrrole nitrogens is 1. The SMILES string of the molecule is CC.CCn1cc2c(n1)CN(C(=O)c1cc(Cc3n[nH]c(=O)c4ccccc34)ccc1F)C2. The molecule has 0 saturated heterocycles. The van der Waals surface area contributed by atoms with E-state index in [2.05, 4.69) is 15.3 Å². The summed E-state index contributed by atoms with van der Waals surface area (Å²) >= 11 is 0. The highest BCUT2D eigenvalue weighted by Crippen LogP contribution is 2.25. The van der Waals surface area contributed by atoms with E-state index in [4.69, 9.17) is 0 Å². The summed E-state index contributed by atoms with van der Waals surface area (Å²) in [5.41, 5.74) is 3.02. The average molecular weight is 448 g/mol. The molecule has 8 heteroatoms. The number of carbonyl (C=O) groups excluding carboxylic acids is 1. The van der Waals surface area contributed by atoms with Crippen molar-refractivity contribution in [1.82, 2.24) is 24.9 Å². The Morgan fingerprint density at radius 3 is 2.61 bits per heavy atom. The van der Waals surface area contributed by atoms with E-state index >= 15 is 0 Å². The Kier molecular flexibility index (Phi) is 6.35. The molecule has 2 aromatic heterocycles. The number of nitrogens with one attached hydrogen (secondary N) is 1. The van der Waals surface area contributed by atoms with Crippen molar-refractivity contribution in [3.8, 4) is 0 Å². The molecule has 0 radical (unpaired) electrons. The first-order chi connectivity index (χ1) is 16.0. The monoisotopic (exact) mass is 447 g/mol. The number of nitrogens with zero attached hydrogens (tertiary/aromatic N) is 4. The van der Waals surface area contributed by atoms with Crippen LogP contribution >= 0.6 is 0 Å². The van der Waals surface area contributed by atoms with E-state index in [1.807, 2.05) is 43.8 Å².